The minimum atomic E-state index is -3.06. The van der Waals surface area contributed by atoms with E-state index in [0.717, 1.165) is 6.07 Å². The Morgan fingerprint density at radius 2 is 2.10 bits per heavy atom. The molecule has 1 fully saturated rings. The largest absolute Gasteiger partial charge is 0.434 e. The first-order chi connectivity index (χ1) is 10.1. The maximum atomic E-state index is 13.7. The van der Waals surface area contributed by atoms with E-state index in [-0.39, 0.29) is 17.9 Å². The maximum absolute atomic E-state index is 13.7. The van der Waals surface area contributed by atoms with Crippen LogP contribution in [0.15, 0.2) is 18.2 Å². The van der Waals surface area contributed by atoms with E-state index < -0.39 is 18.5 Å². The fourth-order valence-corrected chi connectivity index (χ4v) is 1.96. The van der Waals surface area contributed by atoms with Gasteiger partial charge in [0.15, 0.2) is 0 Å². The normalized spacial score (nSPS) is 15.1. The summed E-state index contributed by atoms with van der Waals surface area (Å²) in [6.45, 7) is -1.54. The maximum Gasteiger partial charge on any atom is 0.387 e. The summed E-state index contributed by atoms with van der Waals surface area (Å²) in [6.07, 6.45) is 0. The van der Waals surface area contributed by atoms with E-state index in [2.05, 4.69) is 10.1 Å². The first-order valence-electron chi connectivity index (χ1n) is 6.40. The van der Waals surface area contributed by atoms with Crippen LogP contribution in [-0.2, 0) is 11.3 Å². The van der Waals surface area contributed by atoms with Gasteiger partial charge in [-0.25, -0.2) is 9.18 Å². The summed E-state index contributed by atoms with van der Waals surface area (Å²) in [5, 5.41) is 2.49. The van der Waals surface area contributed by atoms with Crippen molar-refractivity contribution in [2.45, 2.75) is 13.2 Å². The molecular formula is C13H15F3N2O3. The molecule has 0 radical (unpaired) electrons. The van der Waals surface area contributed by atoms with Crippen molar-refractivity contribution in [2.24, 2.45) is 0 Å². The highest BCUT2D eigenvalue weighted by Crippen LogP contribution is 2.23. The lowest BCUT2D eigenvalue weighted by molar-refractivity contribution is -0.0506. The number of nitrogens with zero attached hydrogens (tertiary/aromatic N) is 1. The number of benzene rings is 1. The molecule has 1 aromatic rings. The van der Waals surface area contributed by atoms with Gasteiger partial charge in [0, 0.05) is 18.7 Å². The molecule has 1 aliphatic heterocycles. The molecule has 0 saturated carbocycles. The Labute approximate surface area is 119 Å². The second-order valence-corrected chi connectivity index (χ2v) is 4.35. The van der Waals surface area contributed by atoms with Crippen molar-refractivity contribution in [3.05, 3.63) is 29.6 Å². The van der Waals surface area contributed by atoms with Crippen LogP contribution in [0, 0.1) is 5.82 Å². The van der Waals surface area contributed by atoms with E-state index in [1.54, 1.807) is 0 Å². The molecule has 0 aliphatic carbocycles. The van der Waals surface area contributed by atoms with Crippen LogP contribution < -0.4 is 10.1 Å². The molecular weight excluding hydrogens is 289 g/mol. The number of hydrogen-bond acceptors (Lipinski definition) is 3. The molecule has 1 aliphatic rings. The van der Waals surface area contributed by atoms with Crippen LogP contribution in [0.3, 0.4) is 0 Å². The third-order valence-corrected chi connectivity index (χ3v) is 3.01. The van der Waals surface area contributed by atoms with Crippen LogP contribution in [0.2, 0.25) is 0 Å². The highest BCUT2D eigenvalue weighted by atomic mass is 19.3. The van der Waals surface area contributed by atoms with Gasteiger partial charge in [-0.2, -0.15) is 8.78 Å². The molecule has 1 saturated heterocycles. The SMILES string of the molecule is O=C(NCc1c(F)cccc1OC(F)F)N1CCOCC1. The third kappa shape index (κ3) is 4.25. The van der Waals surface area contributed by atoms with Gasteiger partial charge in [-0.05, 0) is 12.1 Å². The van der Waals surface area contributed by atoms with Crippen molar-refractivity contribution in [1.29, 1.82) is 0 Å². The number of morpholine rings is 1. The zero-order chi connectivity index (χ0) is 15.2. The Balaban J connectivity index is 2.00. The number of hydrogen-bond donors (Lipinski definition) is 1. The summed E-state index contributed by atoms with van der Waals surface area (Å²) in [6, 6.07) is 3.21. The highest BCUT2D eigenvalue weighted by molar-refractivity contribution is 5.74. The van der Waals surface area contributed by atoms with Crippen LogP contribution in [0.5, 0.6) is 5.75 Å². The molecule has 0 unspecified atom stereocenters. The van der Waals surface area contributed by atoms with Crippen LogP contribution in [-0.4, -0.2) is 43.8 Å². The molecule has 0 bridgehead atoms. The Hall–Kier alpha value is -1.96. The Morgan fingerprint density at radius 3 is 2.76 bits per heavy atom. The number of urea groups is 1. The van der Waals surface area contributed by atoms with Crippen molar-refractivity contribution in [2.75, 3.05) is 26.3 Å². The van der Waals surface area contributed by atoms with Crippen molar-refractivity contribution >= 4 is 6.03 Å². The Kier molecular flexibility index (Phi) is 5.26. The van der Waals surface area contributed by atoms with Crippen LogP contribution in [0.4, 0.5) is 18.0 Å². The number of ether oxygens (including phenoxy) is 2. The number of alkyl halides is 2. The predicted octanol–water partition coefficient (Wildman–Crippen LogP) is 1.97. The molecule has 2 rings (SSSR count). The van der Waals surface area contributed by atoms with Crippen LogP contribution >= 0.6 is 0 Å². The second-order valence-electron chi connectivity index (χ2n) is 4.35. The van der Waals surface area contributed by atoms with Gasteiger partial charge < -0.3 is 19.7 Å². The zero-order valence-corrected chi connectivity index (χ0v) is 11.2. The van der Waals surface area contributed by atoms with E-state index in [9.17, 15) is 18.0 Å². The highest BCUT2D eigenvalue weighted by Gasteiger charge is 2.18. The van der Waals surface area contributed by atoms with Gasteiger partial charge in [-0.3, -0.25) is 0 Å². The number of carbonyl (C=O) groups is 1. The first-order valence-corrected chi connectivity index (χ1v) is 6.40. The van der Waals surface area contributed by atoms with Gasteiger partial charge in [-0.15, -0.1) is 0 Å². The van der Waals surface area contributed by atoms with E-state index in [1.807, 2.05) is 0 Å². The van der Waals surface area contributed by atoms with Gasteiger partial charge in [0.1, 0.15) is 11.6 Å². The molecule has 1 heterocycles. The molecule has 1 aromatic carbocycles. The molecule has 2 amide bonds. The minimum Gasteiger partial charge on any atom is -0.434 e. The van der Waals surface area contributed by atoms with E-state index in [1.165, 1.54) is 17.0 Å². The predicted molar refractivity (Wildman–Crippen MR) is 67.7 cm³/mol. The summed E-state index contributed by atoms with van der Waals surface area (Å²) in [4.78, 5) is 13.4. The van der Waals surface area contributed by atoms with E-state index in [0.29, 0.717) is 26.3 Å². The molecule has 0 spiro atoms. The summed E-state index contributed by atoms with van der Waals surface area (Å²) < 4.78 is 47.6. The molecule has 1 N–H and O–H groups in total. The Bertz CT molecular complexity index is 494. The fraction of sp³-hybridized carbons (Fsp3) is 0.462. The molecule has 21 heavy (non-hydrogen) atoms. The quantitative estimate of drug-likeness (QED) is 0.925. The standard InChI is InChI=1S/C13H15F3N2O3/c14-10-2-1-3-11(21-12(15)16)9(10)8-17-13(19)18-4-6-20-7-5-18/h1-3,12H,4-8H2,(H,17,19). The van der Waals surface area contributed by atoms with E-state index >= 15 is 0 Å². The summed E-state index contributed by atoms with van der Waals surface area (Å²) in [5.74, 6) is -0.997. The molecule has 5 nitrogen and oxygen atoms in total. The van der Waals surface area contributed by atoms with Crippen molar-refractivity contribution in [3.8, 4) is 5.75 Å². The van der Waals surface area contributed by atoms with E-state index in [4.69, 9.17) is 4.74 Å². The van der Waals surface area contributed by atoms with Gasteiger partial charge in [0.25, 0.3) is 0 Å². The van der Waals surface area contributed by atoms with Gasteiger partial charge in [0.05, 0.1) is 19.8 Å². The van der Waals surface area contributed by atoms with Crippen molar-refractivity contribution < 1.29 is 27.4 Å². The number of halogens is 3. The number of nitrogens with one attached hydrogen (secondary N) is 1. The van der Waals surface area contributed by atoms with Gasteiger partial charge in [0.2, 0.25) is 0 Å². The second kappa shape index (κ2) is 7.16. The van der Waals surface area contributed by atoms with Crippen molar-refractivity contribution in [3.63, 3.8) is 0 Å². The molecule has 8 heteroatoms. The third-order valence-electron chi connectivity index (χ3n) is 3.01. The lowest BCUT2D eigenvalue weighted by atomic mass is 10.2. The average Bonchev–Trinajstić information content (AvgIpc) is 2.46. The summed E-state index contributed by atoms with van der Waals surface area (Å²) in [7, 11) is 0. The lowest BCUT2D eigenvalue weighted by Gasteiger charge is -2.27. The molecule has 116 valence electrons. The first kappa shape index (κ1) is 15.4. The molecule has 0 atom stereocenters. The van der Waals surface area contributed by atoms with Gasteiger partial charge >= 0.3 is 12.6 Å². The topological polar surface area (TPSA) is 50.8 Å². The number of carbonyl (C=O) groups excluding carboxylic acids is 1. The van der Waals surface area contributed by atoms with Crippen LogP contribution in [0.1, 0.15) is 5.56 Å². The summed E-state index contributed by atoms with van der Waals surface area (Å²) >= 11 is 0. The van der Waals surface area contributed by atoms with Crippen LogP contribution in [0.25, 0.3) is 0 Å². The van der Waals surface area contributed by atoms with Crippen molar-refractivity contribution in [1.82, 2.24) is 10.2 Å². The summed E-state index contributed by atoms with van der Waals surface area (Å²) in [5.41, 5.74) is -0.112. The molecule has 0 aromatic heterocycles. The zero-order valence-electron chi connectivity index (χ0n) is 11.2. The average molecular weight is 304 g/mol. The lowest BCUT2D eigenvalue weighted by Crippen LogP contribution is -2.46. The Morgan fingerprint density at radius 1 is 1.38 bits per heavy atom. The number of amides is 2. The number of rotatable bonds is 4. The smallest absolute Gasteiger partial charge is 0.387 e. The minimum absolute atomic E-state index is 0.112. The monoisotopic (exact) mass is 304 g/mol. The fourth-order valence-electron chi connectivity index (χ4n) is 1.96. The van der Waals surface area contributed by atoms with Gasteiger partial charge in [-0.1, -0.05) is 6.07 Å².